The van der Waals surface area contributed by atoms with E-state index in [1.807, 2.05) is 27.9 Å². The van der Waals surface area contributed by atoms with Crippen molar-refractivity contribution >= 4 is 17.7 Å². The minimum atomic E-state index is -0.934. The van der Waals surface area contributed by atoms with Gasteiger partial charge in [0.1, 0.15) is 5.82 Å². The highest BCUT2D eigenvalue weighted by Crippen LogP contribution is 2.33. The van der Waals surface area contributed by atoms with Gasteiger partial charge in [0, 0.05) is 25.8 Å². The molecule has 0 fully saturated rings. The second kappa shape index (κ2) is 5.03. The van der Waals surface area contributed by atoms with Gasteiger partial charge in [-0.25, -0.2) is 4.98 Å². The molecule has 6 nitrogen and oxygen atoms in total. The summed E-state index contributed by atoms with van der Waals surface area (Å²) >= 11 is 0. The largest absolute Gasteiger partial charge is 0.481 e. The molecule has 6 heteroatoms. The molecule has 0 aromatic carbocycles. The maximum atomic E-state index is 11.4. The van der Waals surface area contributed by atoms with Crippen LogP contribution in [-0.2, 0) is 4.79 Å². The van der Waals surface area contributed by atoms with Crippen molar-refractivity contribution in [1.29, 1.82) is 0 Å². The highest BCUT2D eigenvalue weighted by molar-refractivity contribution is 5.76. The lowest BCUT2D eigenvalue weighted by Gasteiger charge is -2.39. The Kier molecular flexibility index (Phi) is 4.03. The standard InChI is InChI=1S/C13H22N4O2/c1-12(2,10(18)19)13(3,4)16-9-7-8-14-11(15-9)17(5)6/h7-8H,1-6H3,(H,18,19)(H,14,15,16). The Labute approximate surface area is 113 Å². The maximum absolute atomic E-state index is 11.4. The fourth-order valence-electron chi connectivity index (χ4n) is 1.38. The lowest BCUT2D eigenvalue weighted by atomic mass is 9.74. The summed E-state index contributed by atoms with van der Waals surface area (Å²) in [4.78, 5) is 21.6. The SMILES string of the molecule is CN(C)c1nccc(NC(C)(C)C(C)(C)C(=O)O)n1. The van der Waals surface area contributed by atoms with Crippen LogP contribution in [-0.4, -0.2) is 40.7 Å². The van der Waals surface area contributed by atoms with Gasteiger partial charge >= 0.3 is 5.97 Å². The maximum Gasteiger partial charge on any atom is 0.311 e. The molecule has 0 unspecified atom stereocenters. The van der Waals surface area contributed by atoms with Crippen molar-refractivity contribution in [2.45, 2.75) is 33.2 Å². The zero-order valence-electron chi connectivity index (χ0n) is 12.4. The third kappa shape index (κ3) is 3.13. The number of carbonyl (C=O) groups is 1. The molecular weight excluding hydrogens is 244 g/mol. The Morgan fingerprint density at radius 3 is 2.37 bits per heavy atom. The Hall–Kier alpha value is -1.85. The molecule has 0 aliphatic rings. The summed E-state index contributed by atoms with van der Waals surface area (Å²) in [6.45, 7) is 7.07. The van der Waals surface area contributed by atoms with Crippen LogP contribution < -0.4 is 10.2 Å². The van der Waals surface area contributed by atoms with Crippen LogP contribution in [0.25, 0.3) is 0 Å². The monoisotopic (exact) mass is 266 g/mol. The second-order valence-corrected chi connectivity index (χ2v) is 5.82. The molecule has 106 valence electrons. The van der Waals surface area contributed by atoms with Gasteiger partial charge in [0.05, 0.1) is 5.41 Å². The lowest BCUT2D eigenvalue weighted by molar-refractivity contribution is -0.149. The molecule has 0 saturated heterocycles. The van der Waals surface area contributed by atoms with E-state index in [-0.39, 0.29) is 0 Å². The van der Waals surface area contributed by atoms with Gasteiger partial charge in [0.15, 0.2) is 0 Å². The fourth-order valence-corrected chi connectivity index (χ4v) is 1.38. The predicted octanol–water partition coefficient (Wildman–Crippen LogP) is 1.84. The summed E-state index contributed by atoms with van der Waals surface area (Å²) in [5, 5.41) is 12.5. The molecule has 0 aliphatic carbocycles. The van der Waals surface area contributed by atoms with E-state index in [4.69, 9.17) is 0 Å². The number of nitrogens with zero attached hydrogens (tertiary/aromatic N) is 3. The third-order valence-electron chi connectivity index (χ3n) is 3.58. The van der Waals surface area contributed by atoms with Crippen molar-refractivity contribution in [3.8, 4) is 0 Å². The van der Waals surface area contributed by atoms with Crippen LogP contribution in [0.15, 0.2) is 12.3 Å². The Morgan fingerprint density at radius 1 is 1.32 bits per heavy atom. The minimum Gasteiger partial charge on any atom is -0.481 e. The molecule has 1 rings (SSSR count). The lowest BCUT2D eigenvalue weighted by Crippen LogP contribution is -2.50. The molecular formula is C13H22N4O2. The predicted molar refractivity (Wildman–Crippen MR) is 75.5 cm³/mol. The van der Waals surface area contributed by atoms with E-state index >= 15 is 0 Å². The van der Waals surface area contributed by atoms with Crippen LogP contribution in [0, 0.1) is 5.41 Å². The highest BCUT2D eigenvalue weighted by Gasteiger charge is 2.43. The molecule has 0 aliphatic heterocycles. The van der Waals surface area contributed by atoms with Gasteiger partial charge in [0.25, 0.3) is 0 Å². The number of carboxylic acids is 1. The molecule has 0 saturated carbocycles. The summed E-state index contributed by atoms with van der Waals surface area (Å²) in [6.07, 6.45) is 1.65. The Morgan fingerprint density at radius 2 is 1.89 bits per heavy atom. The van der Waals surface area contributed by atoms with E-state index < -0.39 is 16.9 Å². The van der Waals surface area contributed by atoms with Crippen LogP contribution in [0.1, 0.15) is 27.7 Å². The first-order valence-corrected chi connectivity index (χ1v) is 6.10. The van der Waals surface area contributed by atoms with Crippen molar-refractivity contribution in [3.63, 3.8) is 0 Å². The number of rotatable bonds is 5. The fraction of sp³-hybridized carbons (Fsp3) is 0.615. The molecule has 0 spiro atoms. The molecule has 0 bridgehead atoms. The topological polar surface area (TPSA) is 78.4 Å². The molecule has 0 radical (unpaired) electrons. The van der Waals surface area contributed by atoms with Crippen molar-refractivity contribution in [2.24, 2.45) is 5.41 Å². The number of hydrogen-bond acceptors (Lipinski definition) is 5. The number of nitrogens with one attached hydrogen (secondary N) is 1. The van der Waals surface area contributed by atoms with Crippen LogP contribution in [0.2, 0.25) is 0 Å². The average molecular weight is 266 g/mol. The number of aliphatic carboxylic acids is 1. The van der Waals surface area contributed by atoms with E-state index in [9.17, 15) is 9.90 Å². The van der Waals surface area contributed by atoms with Crippen LogP contribution >= 0.6 is 0 Å². The Balaban J connectivity index is 3.01. The average Bonchev–Trinajstić information content (AvgIpc) is 2.28. The van der Waals surface area contributed by atoms with E-state index in [0.717, 1.165) is 0 Å². The van der Waals surface area contributed by atoms with Gasteiger partial charge < -0.3 is 15.3 Å². The van der Waals surface area contributed by atoms with Gasteiger partial charge in [-0.1, -0.05) is 0 Å². The molecule has 1 heterocycles. The van der Waals surface area contributed by atoms with E-state index in [2.05, 4.69) is 15.3 Å². The van der Waals surface area contributed by atoms with Crippen molar-refractivity contribution in [2.75, 3.05) is 24.3 Å². The number of aromatic nitrogens is 2. The summed E-state index contributed by atoms with van der Waals surface area (Å²) in [6, 6.07) is 1.73. The molecule has 19 heavy (non-hydrogen) atoms. The zero-order valence-corrected chi connectivity index (χ0v) is 12.4. The van der Waals surface area contributed by atoms with Crippen LogP contribution in [0.4, 0.5) is 11.8 Å². The number of anilines is 2. The second-order valence-electron chi connectivity index (χ2n) is 5.82. The van der Waals surface area contributed by atoms with Crippen LogP contribution in [0.5, 0.6) is 0 Å². The van der Waals surface area contributed by atoms with Crippen molar-refractivity contribution < 1.29 is 9.90 Å². The first-order chi connectivity index (χ1) is 8.58. The summed E-state index contributed by atoms with van der Waals surface area (Å²) in [5.41, 5.74) is -1.59. The molecule has 0 amide bonds. The molecule has 0 atom stereocenters. The van der Waals surface area contributed by atoms with Crippen molar-refractivity contribution in [3.05, 3.63) is 12.3 Å². The number of hydrogen-bond donors (Lipinski definition) is 2. The summed E-state index contributed by atoms with van der Waals surface area (Å²) < 4.78 is 0. The first-order valence-electron chi connectivity index (χ1n) is 6.10. The van der Waals surface area contributed by atoms with Gasteiger partial charge in [-0.3, -0.25) is 4.79 Å². The normalized spacial score (nSPS) is 12.1. The van der Waals surface area contributed by atoms with Gasteiger partial charge in [-0.15, -0.1) is 0 Å². The molecule has 1 aromatic heterocycles. The first kappa shape index (κ1) is 15.2. The number of carboxylic acid groups (broad SMARTS) is 1. The van der Waals surface area contributed by atoms with Crippen molar-refractivity contribution in [1.82, 2.24) is 9.97 Å². The minimum absolute atomic E-state index is 0.578. The molecule has 1 aromatic rings. The zero-order chi connectivity index (χ0) is 14.8. The van der Waals surface area contributed by atoms with E-state index in [1.165, 1.54) is 0 Å². The third-order valence-corrected chi connectivity index (χ3v) is 3.58. The van der Waals surface area contributed by atoms with Gasteiger partial charge in [0.2, 0.25) is 5.95 Å². The summed E-state index contributed by atoms with van der Waals surface area (Å²) in [7, 11) is 3.71. The highest BCUT2D eigenvalue weighted by atomic mass is 16.4. The van der Waals surface area contributed by atoms with Gasteiger partial charge in [-0.05, 0) is 33.8 Å². The Bertz CT molecular complexity index is 469. The quantitative estimate of drug-likeness (QED) is 0.846. The molecule has 2 N–H and O–H groups in total. The summed E-state index contributed by atoms with van der Waals surface area (Å²) in [5.74, 6) is 0.332. The van der Waals surface area contributed by atoms with Gasteiger partial charge in [-0.2, -0.15) is 4.98 Å². The van der Waals surface area contributed by atoms with E-state index in [0.29, 0.717) is 11.8 Å². The van der Waals surface area contributed by atoms with E-state index in [1.54, 1.807) is 31.0 Å². The smallest absolute Gasteiger partial charge is 0.311 e. The van der Waals surface area contributed by atoms with Crippen LogP contribution in [0.3, 0.4) is 0 Å².